The molecular formula is C29H33N2O+. The summed E-state index contributed by atoms with van der Waals surface area (Å²) in [4.78, 5) is 4.71. The van der Waals surface area contributed by atoms with Crippen molar-refractivity contribution < 1.29 is 8.98 Å². The van der Waals surface area contributed by atoms with Crippen molar-refractivity contribution in [2.45, 2.75) is 72.1 Å². The van der Waals surface area contributed by atoms with Crippen molar-refractivity contribution in [1.29, 1.82) is 0 Å². The number of allylic oxidation sites excluding steroid dienone is 1. The standard InChI is InChI=1S/C29H33N2O/c1-5-9-20(4)31-18-17-21-11-7-8-12-23(21)27(31)26-22(10-6-2)14-16-24-25-15-13-19(3)30-29(25)32-28(24)26/h13-18H,4-12H2,1-3H3/q+1. The van der Waals surface area contributed by atoms with E-state index in [9.17, 15) is 0 Å². The van der Waals surface area contributed by atoms with Crippen LogP contribution in [-0.4, -0.2) is 4.98 Å². The molecule has 4 aromatic rings. The zero-order chi connectivity index (χ0) is 22.2. The monoisotopic (exact) mass is 425 g/mol. The molecule has 0 N–H and O–H groups in total. The summed E-state index contributed by atoms with van der Waals surface area (Å²) in [5, 5.41) is 2.25. The Morgan fingerprint density at radius 2 is 1.84 bits per heavy atom. The summed E-state index contributed by atoms with van der Waals surface area (Å²) < 4.78 is 8.89. The van der Waals surface area contributed by atoms with E-state index in [0.717, 1.165) is 72.0 Å². The van der Waals surface area contributed by atoms with Gasteiger partial charge in [0.25, 0.3) is 0 Å². The van der Waals surface area contributed by atoms with Gasteiger partial charge in [0, 0.05) is 34.5 Å². The number of rotatable bonds is 6. The van der Waals surface area contributed by atoms with E-state index in [-0.39, 0.29) is 0 Å². The smallest absolute Gasteiger partial charge is 0.227 e. The highest BCUT2D eigenvalue weighted by Gasteiger charge is 2.30. The van der Waals surface area contributed by atoms with Gasteiger partial charge in [-0.15, -0.1) is 0 Å². The van der Waals surface area contributed by atoms with Crippen molar-refractivity contribution in [2.75, 3.05) is 0 Å². The highest BCUT2D eigenvalue weighted by atomic mass is 16.3. The molecule has 32 heavy (non-hydrogen) atoms. The fourth-order valence-corrected chi connectivity index (χ4v) is 5.30. The number of nitrogens with zero attached hydrogens (tertiary/aromatic N) is 2. The Bertz CT molecular complexity index is 1330. The van der Waals surface area contributed by atoms with Crippen LogP contribution in [0.25, 0.3) is 39.0 Å². The Hall–Kier alpha value is -2.94. The first kappa shape index (κ1) is 20.9. The number of benzene rings is 1. The van der Waals surface area contributed by atoms with Gasteiger partial charge < -0.3 is 4.42 Å². The lowest BCUT2D eigenvalue weighted by Crippen LogP contribution is -2.36. The highest BCUT2D eigenvalue weighted by Crippen LogP contribution is 2.40. The van der Waals surface area contributed by atoms with Crippen molar-refractivity contribution in [3.63, 3.8) is 0 Å². The Morgan fingerprint density at radius 3 is 2.66 bits per heavy atom. The number of aryl methyl sites for hydroxylation is 3. The molecule has 0 bridgehead atoms. The van der Waals surface area contributed by atoms with Crippen molar-refractivity contribution in [2.24, 2.45) is 0 Å². The molecule has 3 heteroatoms. The van der Waals surface area contributed by atoms with E-state index in [0.29, 0.717) is 0 Å². The Kier molecular flexibility index (Phi) is 5.58. The summed E-state index contributed by atoms with van der Waals surface area (Å²) in [6.45, 7) is 11.0. The van der Waals surface area contributed by atoms with E-state index in [1.807, 2.05) is 6.92 Å². The molecule has 0 radical (unpaired) electrons. The molecule has 0 unspecified atom stereocenters. The number of furan rings is 1. The first-order valence-corrected chi connectivity index (χ1v) is 12.2. The maximum Gasteiger partial charge on any atom is 0.227 e. The van der Waals surface area contributed by atoms with Crippen molar-refractivity contribution in [1.82, 2.24) is 4.98 Å². The Labute approximate surface area is 190 Å². The fourth-order valence-electron chi connectivity index (χ4n) is 5.30. The second kappa shape index (κ2) is 8.54. The third kappa shape index (κ3) is 3.44. The maximum absolute atomic E-state index is 6.54. The van der Waals surface area contributed by atoms with E-state index < -0.39 is 0 Å². The highest BCUT2D eigenvalue weighted by molar-refractivity contribution is 6.09. The van der Waals surface area contributed by atoms with Crippen LogP contribution in [0.2, 0.25) is 0 Å². The van der Waals surface area contributed by atoms with Crippen LogP contribution in [0.3, 0.4) is 0 Å². The minimum Gasteiger partial charge on any atom is -0.437 e. The molecule has 1 aromatic carbocycles. The van der Waals surface area contributed by atoms with Crippen LogP contribution in [0.4, 0.5) is 0 Å². The van der Waals surface area contributed by atoms with Crippen molar-refractivity contribution in [3.8, 4) is 11.3 Å². The van der Waals surface area contributed by atoms with Gasteiger partial charge in [-0.05, 0) is 75.3 Å². The molecule has 1 aliphatic carbocycles. The molecule has 0 saturated heterocycles. The van der Waals surface area contributed by atoms with Gasteiger partial charge >= 0.3 is 0 Å². The van der Waals surface area contributed by atoms with E-state index >= 15 is 0 Å². The quantitative estimate of drug-likeness (QED) is 0.302. The second-order valence-corrected chi connectivity index (χ2v) is 9.20. The van der Waals surface area contributed by atoms with Crippen LogP contribution in [0.5, 0.6) is 0 Å². The van der Waals surface area contributed by atoms with Gasteiger partial charge in [0.1, 0.15) is 0 Å². The molecule has 3 nitrogen and oxygen atoms in total. The van der Waals surface area contributed by atoms with Crippen LogP contribution in [0.15, 0.2) is 47.5 Å². The summed E-state index contributed by atoms with van der Waals surface area (Å²) in [5.74, 6) is 0. The molecule has 164 valence electrons. The normalized spacial score (nSPS) is 13.6. The van der Waals surface area contributed by atoms with Crippen LogP contribution >= 0.6 is 0 Å². The largest absolute Gasteiger partial charge is 0.437 e. The van der Waals surface area contributed by atoms with E-state index in [4.69, 9.17) is 9.40 Å². The maximum atomic E-state index is 6.54. The topological polar surface area (TPSA) is 29.9 Å². The van der Waals surface area contributed by atoms with Crippen molar-refractivity contribution >= 4 is 27.8 Å². The van der Waals surface area contributed by atoms with E-state index in [1.54, 1.807) is 0 Å². The average Bonchev–Trinajstić information content (AvgIpc) is 3.16. The van der Waals surface area contributed by atoms with Gasteiger partial charge in [-0.2, -0.15) is 4.57 Å². The third-order valence-corrected chi connectivity index (χ3v) is 6.83. The molecule has 1 aliphatic rings. The van der Waals surface area contributed by atoms with Gasteiger partial charge in [0.15, 0.2) is 17.5 Å². The van der Waals surface area contributed by atoms with Crippen LogP contribution in [0, 0.1) is 6.92 Å². The van der Waals surface area contributed by atoms with Crippen LogP contribution < -0.4 is 4.57 Å². The molecule has 0 amide bonds. The molecule has 0 aliphatic heterocycles. The number of pyridine rings is 2. The predicted molar refractivity (Wildman–Crippen MR) is 133 cm³/mol. The van der Waals surface area contributed by atoms with Gasteiger partial charge in [-0.25, -0.2) is 4.98 Å². The minimum absolute atomic E-state index is 0.735. The fraction of sp³-hybridized carbons (Fsp3) is 0.379. The molecular weight excluding hydrogens is 392 g/mol. The first-order valence-electron chi connectivity index (χ1n) is 12.2. The number of hydrogen-bond acceptors (Lipinski definition) is 2. The predicted octanol–water partition coefficient (Wildman–Crippen LogP) is 7.35. The summed E-state index contributed by atoms with van der Waals surface area (Å²) in [7, 11) is 0. The minimum atomic E-state index is 0.735. The van der Waals surface area contributed by atoms with Gasteiger partial charge in [0.2, 0.25) is 11.4 Å². The zero-order valence-corrected chi connectivity index (χ0v) is 19.6. The van der Waals surface area contributed by atoms with Gasteiger partial charge in [-0.1, -0.05) is 32.4 Å². The second-order valence-electron chi connectivity index (χ2n) is 9.20. The molecule has 0 atom stereocenters. The van der Waals surface area contributed by atoms with E-state index in [2.05, 4.69) is 61.5 Å². The first-order chi connectivity index (χ1) is 15.6. The zero-order valence-electron chi connectivity index (χ0n) is 19.6. The summed E-state index contributed by atoms with van der Waals surface area (Å²) >= 11 is 0. The SMILES string of the molecule is C=C(CCC)[n+]1ccc2c(c1-c1c(CCC)ccc3c1oc1nc(C)ccc13)CCCC2. The van der Waals surface area contributed by atoms with Gasteiger partial charge in [0.05, 0.1) is 5.56 Å². The number of hydrogen-bond donors (Lipinski definition) is 0. The summed E-state index contributed by atoms with van der Waals surface area (Å²) in [6, 6.07) is 11.1. The molecule has 0 spiro atoms. The lowest BCUT2D eigenvalue weighted by atomic mass is 9.86. The molecule has 5 rings (SSSR count). The molecule has 3 aromatic heterocycles. The average molecular weight is 426 g/mol. The Balaban J connectivity index is 1.90. The summed E-state index contributed by atoms with van der Waals surface area (Å²) in [5.41, 5.74) is 10.7. The lowest BCUT2D eigenvalue weighted by Gasteiger charge is -2.20. The molecule has 3 heterocycles. The Morgan fingerprint density at radius 1 is 1.03 bits per heavy atom. The molecule has 0 saturated carbocycles. The van der Waals surface area contributed by atoms with Crippen LogP contribution in [0.1, 0.15) is 68.3 Å². The van der Waals surface area contributed by atoms with Crippen LogP contribution in [-0.2, 0) is 19.3 Å². The molecule has 0 fully saturated rings. The summed E-state index contributed by atoms with van der Waals surface area (Å²) in [6.07, 6.45) is 11.2. The van der Waals surface area contributed by atoms with E-state index in [1.165, 1.54) is 40.8 Å². The lowest BCUT2D eigenvalue weighted by molar-refractivity contribution is -0.571. The van der Waals surface area contributed by atoms with Gasteiger partial charge in [-0.3, -0.25) is 0 Å². The number of aromatic nitrogens is 2. The third-order valence-electron chi connectivity index (χ3n) is 6.83. The number of fused-ring (bicyclic) bond motifs is 4. The van der Waals surface area contributed by atoms with Crippen molar-refractivity contribution in [3.05, 3.63) is 65.5 Å².